The van der Waals surface area contributed by atoms with Crippen LogP contribution in [0.15, 0.2) is 24.3 Å². The van der Waals surface area contributed by atoms with E-state index < -0.39 is 5.97 Å². The molecule has 0 atom stereocenters. The van der Waals surface area contributed by atoms with Gasteiger partial charge in [0.1, 0.15) is 5.82 Å². The van der Waals surface area contributed by atoms with E-state index >= 15 is 0 Å². The van der Waals surface area contributed by atoms with E-state index in [4.69, 9.17) is 4.74 Å². The van der Waals surface area contributed by atoms with Crippen LogP contribution in [0, 0.1) is 0 Å². The molecule has 5 nitrogen and oxygen atoms in total. The molecule has 0 amide bonds. The molecule has 0 radical (unpaired) electrons. The van der Waals surface area contributed by atoms with Gasteiger partial charge in [-0.15, -0.1) is 12.4 Å². The Hall–Kier alpha value is -1.88. The van der Waals surface area contributed by atoms with Crippen molar-refractivity contribution in [1.82, 2.24) is 9.97 Å². The van der Waals surface area contributed by atoms with E-state index in [1.165, 1.54) is 0 Å². The van der Waals surface area contributed by atoms with E-state index in [1.54, 1.807) is 6.92 Å². The van der Waals surface area contributed by atoms with Gasteiger partial charge in [0.25, 0.3) is 0 Å². The van der Waals surface area contributed by atoms with Crippen molar-refractivity contribution in [2.45, 2.75) is 19.8 Å². The molecule has 0 bridgehead atoms. The van der Waals surface area contributed by atoms with Crippen molar-refractivity contribution in [2.75, 3.05) is 24.6 Å². The molecule has 0 aliphatic carbocycles. The molecule has 1 aliphatic heterocycles. The van der Waals surface area contributed by atoms with Gasteiger partial charge in [0.15, 0.2) is 0 Å². The molecule has 6 heteroatoms. The maximum Gasteiger partial charge on any atom is 0.376 e. The van der Waals surface area contributed by atoms with E-state index in [2.05, 4.69) is 14.9 Å². The second-order valence-corrected chi connectivity index (χ2v) is 4.80. The molecule has 1 fully saturated rings. The van der Waals surface area contributed by atoms with Crippen LogP contribution < -0.4 is 4.90 Å². The summed E-state index contributed by atoms with van der Waals surface area (Å²) in [6.07, 6.45) is 2.32. The number of aromatic nitrogens is 2. The van der Waals surface area contributed by atoms with E-state index in [9.17, 15) is 4.79 Å². The summed E-state index contributed by atoms with van der Waals surface area (Å²) in [6.45, 7) is 4.06. The standard InChI is InChI=1S/C15H17N3O2.ClH/c1-2-20-15(19)13-16-12-8-4-3-7-11(12)14(17-13)18-9-5-6-10-18;/h3-4,7-8H,2,5-6,9-10H2,1H3;1H. The van der Waals surface area contributed by atoms with Crippen molar-refractivity contribution in [1.29, 1.82) is 0 Å². The largest absolute Gasteiger partial charge is 0.460 e. The van der Waals surface area contributed by atoms with Gasteiger partial charge in [-0.2, -0.15) is 0 Å². The van der Waals surface area contributed by atoms with E-state index in [-0.39, 0.29) is 18.2 Å². The fraction of sp³-hybridized carbons (Fsp3) is 0.400. The van der Waals surface area contributed by atoms with Gasteiger partial charge in [0.05, 0.1) is 12.1 Å². The third-order valence-corrected chi connectivity index (χ3v) is 3.45. The fourth-order valence-corrected chi connectivity index (χ4v) is 2.52. The first-order chi connectivity index (χ1) is 9.79. The first kappa shape index (κ1) is 15.5. The highest BCUT2D eigenvalue weighted by Crippen LogP contribution is 2.26. The van der Waals surface area contributed by atoms with E-state index in [0.717, 1.165) is 42.7 Å². The minimum atomic E-state index is -0.460. The Labute approximate surface area is 129 Å². The summed E-state index contributed by atoms with van der Waals surface area (Å²) in [6, 6.07) is 7.78. The number of hydrogen-bond acceptors (Lipinski definition) is 5. The number of para-hydroxylation sites is 1. The minimum Gasteiger partial charge on any atom is -0.460 e. The molecule has 0 saturated carbocycles. The number of halogens is 1. The molecule has 1 aliphatic rings. The molecule has 1 aromatic carbocycles. The number of fused-ring (bicyclic) bond motifs is 1. The first-order valence-corrected chi connectivity index (χ1v) is 6.98. The number of rotatable bonds is 3. The highest BCUT2D eigenvalue weighted by molar-refractivity contribution is 5.94. The summed E-state index contributed by atoms with van der Waals surface area (Å²) in [4.78, 5) is 22.9. The highest BCUT2D eigenvalue weighted by Gasteiger charge is 2.20. The Morgan fingerprint density at radius 1 is 1.24 bits per heavy atom. The third kappa shape index (κ3) is 3.08. The average Bonchev–Trinajstić information content (AvgIpc) is 3.00. The topological polar surface area (TPSA) is 55.3 Å². The number of hydrogen-bond donors (Lipinski definition) is 0. The molecule has 3 rings (SSSR count). The van der Waals surface area contributed by atoms with Crippen LogP contribution in [0.3, 0.4) is 0 Å². The molecule has 0 spiro atoms. The number of ether oxygens (including phenoxy) is 1. The van der Waals surface area contributed by atoms with Crippen molar-refractivity contribution in [2.24, 2.45) is 0 Å². The Bertz CT molecular complexity index is 642. The van der Waals surface area contributed by atoms with Gasteiger partial charge in [-0.3, -0.25) is 0 Å². The number of carbonyl (C=O) groups is 1. The van der Waals surface area contributed by atoms with Gasteiger partial charge in [-0.25, -0.2) is 14.8 Å². The van der Waals surface area contributed by atoms with E-state index in [0.29, 0.717) is 6.61 Å². The van der Waals surface area contributed by atoms with Gasteiger partial charge in [0.2, 0.25) is 5.82 Å². The van der Waals surface area contributed by atoms with Crippen LogP contribution in [0.5, 0.6) is 0 Å². The number of esters is 1. The summed E-state index contributed by atoms with van der Waals surface area (Å²) in [5.74, 6) is 0.530. The van der Waals surface area contributed by atoms with Gasteiger partial charge < -0.3 is 9.64 Å². The van der Waals surface area contributed by atoms with Crippen molar-refractivity contribution < 1.29 is 9.53 Å². The lowest BCUT2D eigenvalue weighted by Gasteiger charge is -2.18. The molecular formula is C15H18ClN3O2. The van der Waals surface area contributed by atoms with Crippen LogP contribution in [0.4, 0.5) is 5.82 Å². The molecule has 112 valence electrons. The normalized spacial score (nSPS) is 14.0. The maximum absolute atomic E-state index is 11.9. The Morgan fingerprint density at radius 3 is 2.67 bits per heavy atom. The quantitative estimate of drug-likeness (QED) is 0.816. The maximum atomic E-state index is 11.9. The highest BCUT2D eigenvalue weighted by atomic mass is 35.5. The van der Waals surface area contributed by atoms with Crippen molar-refractivity contribution in [3.05, 3.63) is 30.1 Å². The van der Waals surface area contributed by atoms with Crippen LogP contribution in [-0.4, -0.2) is 35.6 Å². The lowest BCUT2D eigenvalue weighted by molar-refractivity contribution is 0.0512. The molecule has 0 N–H and O–H groups in total. The zero-order valence-corrected chi connectivity index (χ0v) is 12.7. The Kier molecular flexibility index (Phi) is 4.96. The molecule has 1 saturated heterocycles. The number of nitrogens with zero attached hydrogens (tertiary/aromatic N) is 3. The van der Waals surface area contributed by atoms with Crippen LogP contribution >= 0.6 is 12.4 Å². The summed E-state index contributed by atoms with van der Waals surface area (Å²) < 4.78 is 5.01. The van der Waals surface area contributed by atoms with Gasteiger partial charge >= 0.3 is 5.97 Å². The molecule has 1 aromatic heterocycles. The van der Waals surface area contributed by atoms with E-state index in [1.807, 2.05) is 24.3 Å². The number of carbonyl (C=O) groups excluding carboxylic acids is 1. The van der Waals surface area contributed by atoms with Gasteiger partial charge in [-0.05, 0) is 31.9 Å². The van der Waals surface area contributed by atoms with Crippen molar-refractivity contribution in [3.63, 3.8) is 0 Å². The third-order valence-electron chi connectivity index (χ3n) is 3.45. The smallest absolute Gasteiger partial charge is 0.376 e. The predicted molar refractivity (Wildman–Crippen MR) is 84.2 cm³/mol. The molecule has 2 aromatic rings. The average molecular weight is 308 g/mol. The number of anilines is 1. The Balaban J connectivity index is 0.00000161. The second-order valence-electron chi connectivity index (χ2n) is 4.80. The van der Waals surface area contributed by atoms with Crippen molar-refractivity contribution >= 4 is 35.1 Å². The van der Waals surface area contributed by atoms with Crippen LogP contribution in [0.2, 0.25) is 0 Å². The first-order valence-electron chi connectivity index (χ1n) is 6.98. The zero-order valence-electron chi connectivity index (χ0n) is 11.9. The van der Waals surface area contributed by atoms with Crippen molar-refractivity contribution in [3.8, 4) is 0 Å². The van der Waals surface area contributed by atoms with Crippen LogP contribution in [0.25, 0.3) is 10.9 Å². The second kappa shape index (κ2) is 6.72. The zero-order chi connectivity index (χ0) is 13.9. The fourth-order valence-electron chi connectivity index (χ4n) is 2.52. The summed E-state index contributed by atoms with van der Waals surface area (Å²) >= 11 is 0. The molecule has 2 heterocycles. The van der Waals surface area contributed by atoms with Gasteiger partial charge in [-0.1, -0.05) is 12.1 Å². The predicted octanol–water partition coefficient (Wildman–Crippen LogP) is 2.83. The lowest BCUT2D eigenvalue weighted by Crippen LogP contribution is -2.21. The van der Waals surface area contributed by atoms with Gasteiger partial charge in [0, 0.05) is 18.5 Å². The summed E-state index contributed by atoms with van der Waals surface area (Å²) in [7, 11) is 0. The minimum absolute atomic E-state index is 0. The Morgan fingerprint density at radius 2 is 1.95 bits per heavy atom. The van der Waals surface area contributed by atoms with Crippen LogP contribution in [0.1, 0.15) is 30.4 Å². The summed E-state index contributed by atoms with van der Waals surface area (Å²) in [5.41, 5.74) is 0.785. The summed E-state index contributed by atoms with van der Waals surface area (Å²) in [5, 5.41) is 0.988. The van der Waals surface area contributed by atoms with Crippen LogP contribution in [-0.2, 0) is 4.74 Å². The molecular weight excluding hydrogens is 290 g/mol. The number of benzene rings is 1. The SMILES string of the molecule is CCOC(=O)c1nc(N2CCCC2)c2ccccc2n1.Cl. The monoisotopic (exact) mass is 307 g/mol. The molecule has 21 heavy (non-hydrogen) atoms. The lowest BCUT2D eigenvalue weighted by atomic mass is 10.2. The molecule has 0 unspecified atom stereocenters.